The summed E-state index contributed by atoms with van der Waals surface area (Å²) in [5.74, 6) is 1.35. The Bertz CT molecular complexity index is 618. The van der Waals surface area contributed by atoms with Gasteiger partial charge < -0.3 is 5.73 Å². The molecule has 1 saturated heterocycles. The maximum atomic E-state index is 13.1. The van der Waals surface area contributed by atoms with E-state index in [1.807, 2.05) is 12.1 Å². The van der Waals surface area contributed by atoms with Gasteiger partial charge in [0.15, 0.2) is 0 Å². The molecule has 1 amide bonds. The smallest absolute Gasteiger partial charge is 0.234 e. The highest BCUT2D eigenvalue weighted by molar-refractivity contribution is 5.79. The molecule has 4 atom stereocenters. The van der Waals surface area contributed by atoms with Crippen molar-refractivity contribution < 1.29 is 9.18 Å². The molecule has 26 heavy (non-hydrogen) atoms. The summed E-state index contributed by atoms with van der Waals surface area (Å²) in [5, 5.41) is 0. The number of hydrogen-bond donors (Lipinski definition) is 1. The normalized spacial score (nSPS) is 27.2. The van der Waals surface area contributed by atoms with Crippen LogP contribution in [0.1, 0.15) is 38.7 Å². The van der Waals surface area contributed by atoms with Gasteiger partial charge in [-0.3, -0.25) is 14.6 Å². The number of rotatable bonds is 7. The fourth-order valence-corrected chi connectivity index (χ4v) is 4.97. The Labute approximate surface area is 156 Å². The van der Waals surface area contributed by atoms with Gasteiger partial charge in [0.1, 0.15) is 5.82 Å². The molecule has 4 nitrogen and oxygen atoms in total. The van der Waals surface area contributed by atoms with E-state index in [0.29, 0.717) is 23.8 Å². The van der Waals surface area contributed by atoms with Gasteiger partial charge in [0, 0.05) is 25.7 Å². The maximum Gasteiger partial charge on any atom is 0.234 e. The number of nitrogens with two attached hydrogens (primary N) is 1. The Morgan fingerprint density at radius 3 is 2.58 bits per heavy atom. The Morgan fingerprint density at radius 1 is 1.27 bits per heavy atom. The molecule has 1 heterocycles. The molecule has 1 saturated carbocycles. The third-order valence-electron chi connectivity index (χ3n) is 6.25. The summed E-state index contributed by atoms with van der Waals surface area (Å²) in [6, 6.07) is 7.06. The number of benzene rings is 1. The average molecular weight is 362 g/mol. The van der Waals surface area contributed by atoms with Crippen LogP contribution in [0, 0.1) is 23.6 Å². The largest absolute Gasteiger partial charge is 0.368 e. The highest BCUT2D eigenvalue weighted by Crippen LogP contribution is 2.41. The molecule has 144 valence electrons. The Kier molecular flexibility index (Phi) is 5.98. The molecular weight excluding hydrogens is 329 g/mol. The lowest BCUT2D eigenvalue weighted by molar-refractivity contribution is -0.124. The lowest BCUT2D eigenvalue weighted by atomic mass is 9.94. The summed E-state index contributed by atoms with van der Waals surface area (Å²) in [7, 11) is 2.08. The van der Waals surface area contributed by atoms with Crippen molar-refractivity contribution in [2.45, 2.75) is 51.7 Å². The number of carbonyl (C=O) groups is 1. The average Bonchev–Trinajstić information content (AvgIpc) is 3.13. The second-order valence-electron chi connectivity index (χ2n) is 8.60. The fraction of sp³-hybridized carbons (Fsp3) is 0.667. The first-order valence-electron chi connectivity index (χ1n) is 9.83. The minimum absolute atomic E-state index is 0.176. The first kappa shape index (κ1) is 19.3. The molecule has 2 aliphatic rings. The summed E-state index contributed by atoms with van der Waals surface area (Å²) < 4.78 is 13.1. The van der Waals surface area contributed by atoms with Gasteiger partial charge in [0.2, 0.25) is 5.91 Å². The number of primary amides is 1. The van der Waals surface area contributed by atoms with Gasteiger partial charge in [-0.05, 0) is 61.8 Å². The van der Waals surface area contributed by atoms with Crippen molar-refractivity contribution in [1.29, 1.82) is 0 Å². The van der Waals surface area contributed by atoms with Crippen LogP contribution in [0.2, 0.25) is 0 Å². The third-order valence-corrected chi connectivity index (χ3v) is 6.25. The SMILES string of the molecule is CC(C)C[C@@H](C(N)=O)N(C)[C@H]1CC[C@@H]2CN(Cc3ccc(F)cc3)C[C@@H]21. The Hall–Kier alpha value is -1.46. The molecule has 1 aromatic carbocycles. The molecule has 2 fully saturated rings. The lowest BCUT2D eigenvalue weighted by Gasteiger charge is -2.35. The van der Waals surface area contributed by atoms with Gasteiger partial charge in [0.25, 0.3) is 0 Å². The minimum atomic E-state index is -0.203. The van der Waals surface area contributed by atoms with Gasteiger partial charge in [-0.25, -0.2) is 4.39 Å². The number of likely N-dealkylation sites (tertiary alicyclic amines) is 1. The van der Waals surface area contributed by atoms with Gasteiger partial charge in [-0.15, -0.1) is 0 Å². The van der Waals surface area contributed by atoms with Crippen LogP contribution in [0.4, 0.5) is 4.39 Å². The van der Waals surface area contributed by atoms with E-state index in [-0.39, 0.29) is 17.8 Å². The number of hydrogen-bond acceptors (Lipinski definition) is 3. The van der Waals surface area contributed by atoms with Crippen LogP contribution in [0.5, 0.6) is 0 Å². The van der Waals surface area contributed by atoms with Crippen LogP contribution < -0.4 is 5.73 Å². The zero-order valence-corrected chi connectivity index (χ0v) is 16.2. The summed E-state index contributed by atoms with van der Waals surface area (Å²) in [6.45, 7) is 7.29. The molecule has 1 aromatic rings. The van der Waals surface area contributed by atoms with E-state index in [9.17, 15) is 9.18 Å². The molecule has 1 aliphatic carbocycles. The van der Waals surface area contributed by atoms with Crippen LogP contribution >= 0.6 is 0 Å². The van der Waals surface area contributed by atoms with Crippen LogP contribution in [0.3, 0.4) is 0 Å². The van der Waals surface area contributed by atoms with Crippen LogP contribution in [0.15, 0.2) is 24.3 Å². The first-order valence-corrected chi connectivity index (χ1v) is 9.83. The fourth-order valence-electron chi connectivity index (χ4n) is 4.97. The molecule has 1 aliphatic heterocycles. The number of halogens is 1. The van der Waals surface area contributed by atoms with E-state index in [0.717, 1.165) is 38.0 Å². The molecule has 0 bridgehead atoms. The van der Waals surface area contributed by atoms with Crippen molar-refractivity contribution in [2.75, 3.05) is 20.1 Å². The molecule has 3 rings (SSSR count). The topological polar surface area (TPSA) is 49.6 Å². The molecule has 2 N–H and O–H groups in total. The molecule has 0 spiro atoms. The maximum absolute atomic E-state index is 13.1. The van der Waals surface area contributed by atoms with E-state index >= 15 is 0 Å². The van der Waals surface area contributed by atoms with Crippen LogP contribution in [-0.2, 0) is 11.3 Å². The highest BCUT2D eigenvalue weighted by atomic mass is 19.1. The Morgan fingerprint density at radius 2 is 1.96 bits per heavy atom. The minimum Gasteiger partial charge on any atom is -0.368 e. The Balaban J connectivity index is 1.63. The van der Waals surface area contributed by atoms with Crippen LogP contribution in [0.25, 0.3) is 0 Å². The molecule has 0 radical (unpaired) electrons. The van der Waals surface area contributed by atoms with E-state index < -0.39 is 0 Å². The third kappa shape index (κ3) is 4.26. The van der Waals surface area contributed by atoms with Gasteiger partial charge in [0.05, 0.1) is 6.04 Å². The summed E-state index contributed by atoms with van der Waals surface area (Å²) in [6.07, 6.45) is 3.18. The van der Waals surface area contributed by atoms with Crippen molar-refractivity contribution in [3.63, 3.8) is 0 Å². The number of fused-ring (bicyclic) bond motifs is 1. The second-order valence-corrected chi connectivity index (χ2v) is 8.60. The van der Waals surface area contributed by atoms with E-state index in [1.54, 1.807) is 0 Å². The predicted molar refractivity (Wildman–Crippen MR) is 102 cm³/mol. The monoisotopic (exact) mass is 361 g/mol. The number of carbonyl (C=O) groups excluding carboxylic acids is 1. The molecule has 5 heteroatoms. The molecular formula is C21H32FN3O. The van der Waals surface area contributed by atoms with Crippen molar-refractivity contribution in [2.24, 2.45) is 23.5 Å². The summed E-state index contributed by atoms with van der Waals surface area (Å²) >= 11 is 0. The van der Waals surface area contributed by atoms with Crippen molar-refractivity contribution in [1.82, 2.24) is 9.80 Å². The lowest BCUT2D eigenvalue weighted by Crippen LogP contribution is -2.50. The van der Waals surface area contributed by atoms with Crippen molar-refractivity contribution >= 4 is 5.91 Å². The molecule has 0 unspecified atom stereocenters. The van der Waals surface area contributed by atoms with Gasteiger partial charge >= 0.3 is 0 Å². The zero-order valence-electron chi connectivity index (χ0n) is 16.2. The molecule has 0 aromatic heterocycles. The van der Waals surface area contributed by atoms with E-state index in [1.165, 1.54) is 18.6 Å². The van der Waals surface area contributed by atoms with Crippen molar-refractivity contribution in [3.8, 4) is 0 Å². The highest BCUT2D eigenvalue weighted by Gasteiger charge is 2.45. The second kappa shape index (κ2) is 8.05. The predicted octanol–water partition coefficient (Wildman–Crippen LogP) is 2.87. The number of amides is 1. The number of nitrogens with zero attached hydrogens (tertiary/aromatic N) is 2. The standard InChI is InChI=1S/C21H32FN3O/c1-14(2)10-20(21(23)26)24(3)19-9-6-16-12-25(13-18(16)19)11-15-4-7-17(22)8-5-15/h4-5,7-8,14,16,18-20H,6,9-13H2,1-3H3,(H2,23,26)/t16-,18+,19+,20+/m1/s1. The van der Waals surface area contributed by atoms with E-state index in [2.05, 4.69) is 30.7 Å². The van der Waals surface area contributed by atoms with Gasteiger partial charge in [-0.1, -0.05) is 26.0 Å². The van der Waals surface area contributed by atoms with Crippen molar-refractivity contribution in [3.05, 3.63) is 35.6 Å². The summed E-state index contributed by atoms with van der Waals surface area (Å²) in [5.41, 5.74) is 6.87. The first-order chi connectivity index (χ1) is 12.3. The summed E-state index contributed by atoms with van der Waals surface area (Å²) in [4.78, 5) is 16.7. The van der Waals surface area contributed by atoms with Crippen LogP contribution in [-0.4, -0.2) is 47.9 Å². The van der Waals surface area contributed by atoms with E-state index in [4.69, 9.17) is 5.73 Å². The van der Waals surface area contributed by atoms with Gasteiger partial charge in [-0.2, -0.15) is 0 Å². The zero-order chi connectivity index (χ0) is 18.8. The number of likely N-dealkylation sites (N-methyl/N-ethyl adjacent to an activating group) is 1. The quantitative estimate of drug-likeness (QED) is 0.812.